The Morgan fingerprint density at radius 2 is 2.29 bits per heavy atom. The third-order valence-corrected chi connectivity index (χ3v) is 2.82. The maximum Gasteiger partial charge on any atom is 0.328 e. The second kappa shape index (κ2) is 5.81. The van der Waals surface area contributed by atoms with Gasteiger partial charge in [0.2, 0.25) is 0 Å². The molecule has 0 aliphatic heterocycles. The van der Waals surface area contributed by atoms with Gasteiger partial charge in [-0.2, -0.15) is 0 Å². The summed E-state index contributed by atoms with van der Waals surface area (Å²) >= 11 is 0. The first-order valence-electron chi connectivity index (χ1n) is 5.26. The summed E-state index contributed by atoms with van der Waals surface area (Å²) in [5, 5.41) is 8.39. The van der Waals surface area contributed by atoms with Crippen LogP contribution >= 0.6 is 0 Å². The lowest BCUT2D eigenvalue weighted by molar-refractivity contribution is -0.131. The molecule has 1 N–H and O–H groups in total. The molecule has 0 aromatic heterocycles. The molecule has 0 spiro atoms. The van der Waals surface area contributed by atoms with Crippen molar-refractivity contribution in [2.45, 2.75) is 25.7 Å². The highest BCUT2D eigenvalue weighted by molar-refractivity contribution is 5.79. The van der Waals surface area contributed by atoms with Crippen LogP contribution < -0.4 is 0 Å². The highest BCUT2D eigenvalue weighted by atomic mass is 16.4. The number of carboxylic acids is 1. The Bertz CT molecular complexity index is 209. The lowest BCUT2D eigenvalue weighted by Gasteiger charge is -2.27. The van der Waals surface area contributed by atoms with Crippen LogP contribution in [0.2, 0.25) is 0 Å². The van der Waals surface area contributed by atoms with Crippen LogP contribution in [0.4, 0.5) is 0 Å². The highest BCUT2D eigenvalue weighted by Crippen LogP contribution is 2.29. The van der Waals surface area contributed by atoms with Gasteiger partial charge in [-0.15, -0.1) is 0 Å². The lowest BCUT2D eigenvalue weighted by atomic mass is 9.83. The van der Waals surface area contributed by atoms with Gasteiger partial charge in [0.05, 0.1) is 0 Å². The Morgan fingerprint density at radius 3 is 2.79 bits per heavy atom. The number of hydrogen-bond acceptors (Lipinski definition) is 2. The molecular formula is C11H19NO2. The molecule has 1 aliphatic carbocycles. The van der Waals surface area contributed by atoms with E-state index in [1.807, 2.05) is 7.05 Å². The summed E-state index contributed by atoms with van der Waals surface area (Å²) < 4.78 is 0. The fourth-order valence-electron chi connectivity index (χ4n) is 1.61. The third-order valence-electron chi connectivity index (χ3n) is 2.82. The van der Waals surface area contributed by atoms with Crippen molar-refractivity contribution in [3.8, 4) is 0 Å². The summed E-state index contributed by atoms with van der Waals surface area (Å²) in [4.78, 5) is 12.4. The highest BCUT2D eigenvalue weighted by Gasteiger charge is 2.16. The molecular weight excluding hydrogens is 178 g/mol. The molecule has 1 rings (SSSR count). The average Bonchev–Trinajstić information content (AvgIpc) is 2.00. The molecule has 0 heterocycles. The Balaban J connectivity index is 2.02. The molecule has 3 nitrogen and oxygen atoms in total. The van der Waals surface area contributed by atoms with Crippen molar-refractivity contribution in [3.05, 3.63) is 12.2 Å². The van der Waals surface area contributed by atoms with Crippen molar-refractivity contribution in [2.75, 3.05) is 20.1 Å². The first-order valence-corrected chi connectivity index (χ1v) is 5.26. The number of aliphatic carboxylic acids is 1. The third kappa shape index (κ3) is 4.42. The summed E-state index contributed by atoms with van der Waals surface area (Å²) in [6.45, 7) is 1.81. The standard InChI is InChI=1S/C11H19NO2/c1-12(8-3-6-11(13)14)9-7-10-4-2-5-10/h3,6,10H,2,4-5,7-9H2,1H3,(H,13,14)/b6-3+. The van der Waals surface area contributed by atoms with Crippen molar-refractivity contribution < 1.29 is 9.90 Å². The topological polar surface area (TPSA) is 40.5 Å². The van der Waals surface area contributed by atoms with Gasteiger partial charge in [0.1, 0.15) is 0 Å². The van der Waals surface area contributed by atoms with E-state index in [1.54, 1.807) is 6.08 Å². The fourth-order valence-corrected chi connectivity index (χ4v) is 1.61. The predicted molar refractivity (Wildman–Crippen MR) is 56.2 cm³/mol. The predicted octanol–water partition coefficient (Wildman–Crippen LogP) is 1.75. The van der Waals surface area contributed by atoms with Gasteiger partial charge < -0.3 is 10.0 Å². The van der Waals surface area contributed by atoms with Gasteiger partial charge in [0.25, 0.3) is 0 Å². The summed E-state index contributed by atoms with van der Waals surface area (Å²) in [6.07, 6.45) is 8.34. The zero-order chi connectivity index (χ0) is 10.4. The van der Waals surface area contributed by atoms with Crippen molar-refractivity contribution in [1.29, 1.82) is 0 Å². The number of hydrogen-bond donors (Lipinski definition) is 1. The number of likely N-dealkylation sites (N-methyl/N-ethyl adjacent to an activating group) is 1. The molecule has 0 aromatic carbocycles. The largest absolute Gasteiger partial charge is 0.478 e. The molecule has 14 heavy (non-hydrogen) atoms. The van der Waals surface area contributed by atoms with Crippen LogP contribution in [-0.2, 0) is 4.79 Å². The van der Waals surface area contributed by atoms with E-state index in [9.17, 15) is 4.79 Å². The fraction of sp³-hybridized carbons (Fsp3) is 0.727. The van der Waals surface area contributed by atoms with Gasteiger partial charge in [-0.1, -0.05) is 25.3 Å². The Labute approximate surface area is 85.4 Å². The number of rotatable bonds is 6. The van der Waals surface area contributed by atoms with Crippen LogP contribution in [0.25, 0.3) is 0 Å². The number of carbonyl (C=O) groups is 1. The van der Waals surface area contributed by atoms with Gasteiger partial charge in [-0.05, 0) is 25.9 Å². The second-order valence-corrected chi connectivity index (χ2v) is 4.09. The maximum absolute atomic E-state index is 10.2. The molecule has 3 heteroatoms. The SMILES string of the molecule is CN(C/C=C/C(=O)O)CCC1CCC1. The van der Waals surface area contributed by atoms with Crippen molar-refractivity contribution >= 4 is 5.97 Å². The van der Waals surface area contributed by atoms with Crippen LogP contribution in [0.15, 0.2) is 12.2 Å². The van der Waals surface area contributed by atoms with Gasteiger partial charge in [0, 0.05) is 12.6 Å². The van der Waals surface area contributed by atoms with E-state index in [-0.39, 0.29) is 0 Å². The van der Waals surface area contributed by atoms with E-state index in [4.69, 9.17) is 5.11 Å². The molecule has 0 amide bonds. The van der Waals surface area contributed by atoms with Gasteiger partial charge >= 0.3 is 5.97 Å². The van der Waals surface area contributed by atoms with E-state index in [0.29, 0.717) is 0 Å². The molecule has 1 fully saturated rings. The van der Waals surface area contributed by atoms with E-state index in [1.165, 1.54) is 31.8 Å². The van der Waals surface area contributed by atoms with Crippen molar-refractivity contribution in [2.24, 2.45) is 5.92 Å². The molecule has 1 aliphatic rings. The van der Waals surface area contributed by atoms with Crippen LogP contribution in [0.5, 0.6) is 0 Å². The summed E-state index contributed by atoms with van der Waals surface area (Å²) in [6, 6.07) is 0. The minimum atomic E-state index is -0.864. The van der Waals surface area contributed by atoms with Gasteiger partial charge in [-0.25, -0.2) is 4.79 Å². The molecule has 80 valence electrons. The molecule has 0 saturated heterocycles. The van der Waals surface area contributed by atoms with Crippen LogP contribution in [-0.4, -0.2) is 36.1 Å². The second-order valence-electron chi connectivity index (χ2n) is 4.09. The van der Waals surface area contributed by atoms with E-state index in [0.717, 1.165) is 19.0 Å². The van der Waals surface area contributed by atoms with Gasteiger partial charge in [-0.3, -0.25) is 0 Å². The zero-order valence-corrected chi connectivity index (χ0v) is 8.78. The molecule has 1 saturated carbocycles. The molecule has 0 atom stereocenters. The Morgan fingerprint density at radius 1 is 1.57 bits per heavy atom. The minimum Gasteiger partial charge on any atom is -0.478 e. The maximum atomic E-state index is 10.2. The monoisotopic (exact) mass is 197 g/mol. The van der Waals surface area contributed by atoms with Crippen LogP contribution in [0.1, 0.15) is 25.7 Å². The average molecular weight is 197 g/mol. The van der Waals surface area contributed by atoms with Crippen molar-refractivity contribution in [3.63, 3.8) is 0 Å². The summed E-state index contributed by atoms with van der Waals surface area (Å²) in [5.74, 6) is 0.0679. The Kier molecular flexibility index (Phi) is 4.66. The smallest absolute Gasteiger partial charge is 0.328 e. The Hall–Kier alpha value is -0.830. The lowest BCUT2D eigenvalue weighted by Crippen LogP contribution is -2.24. The molecule has 0 unspecified atom stereocenters. The number of nitrogens with zero attached hydrogens (tertiary/aromatic N) is 1. The molecule has 0 radical (unpaired) electrons. The van der Waals surface area contributed by atoms with Gasteiger partial charge in [0.15, 0.2) is 0 Å². The quantitative estimate of drug-likeness (QED) is 0.659. The van der Waals surface area contributed by atoms with E-state index >= 15 is 0 Å². The summed E-state index contributed by atoms with van der Waals surface area (Å²) in [7, 11) is 2.03. The van der Waals surface area contributed by atoms with Crippen molar-refractivity contribution in [1.82, 2.24) is 4.90 Å². The first-order chi connectivity index (χ1) is 6.68. The molecule has 0 aromatic rings. The molecule has 0 bridgehead atoms. The summed E-state index contributed by atoms with van der Waals surface area (Å²) in [5.41, 5.74) is 0. The normalized spacial score (nSPS) is 17.6. The zero-order valence-electron chi connectivity index (χ0n) is 8.78. The van der Waals surface area contributed by atoms with Crippen LogP contribution in [0, 0.1) is 5.92 Å². The number of carboxylic acid groups (broad SMARTS) is 1. The van der Waals surface area contributed by atoms with Crippen LogP contribution in [0.3, 0.4) is 0 Å². The minimum absolute atomic E-state index is 0.735. The van der Waals surface area contributed by atoms with E-state index in [2.05, 4.69) is 4.90 Å². The first kappa shape index (κ1) is 11.2. The van der Waals surface area contributed by atoms with E-state index < -0.39 is 5.97 Å².